The van der Waals surface area contributed by atoms with Gasteiger partial charge in [-0.25, -0.2) is 4.79 Å². The van der Waals surface area contributed by atoms with Crippen molar-refractivity contribution in [1.82, 2.24) is 10.5 Å². The molecule has 0 radical (unpaired) electrons. The van der Waals surface area contributed by atoms with Crippen LogP contribution in [0.15, 0.2) is 16.9 Å². The summed E-state index contributed by atoms with van der Waals surface area (Å²) < 4.78 is 9.20. The van der Waals surface area contributed by atoms with Crippen molar-refractivity contribution < 1.29 is 14.1 Å². The fourth-order valence-corrected chi connectivity index (χ4v) is 0.674. The van der Waals surface area contributed by atoms with Crippen LogP contribution in [0.4, 0.5) is 4.79 Å². The molecule has 1 N–H and O–H groups in total. The van der Waals surface area contributed by atoms with Crippen molar-refractivity contribution in [3.63, 3.8) is 0 Å². The quantitative estimate of drug-likeness (QED) is 0.732. The summed E-state index contributed by atoms with van der Waals surface area (Å²) in [4.78, 5) is 10.7. The zero-order chi connectivity index (χ0) is 8.81. The molecule has 0 saturated carbocycles. The van der Waals surface area contributed by atoms with Gasteiger partial charge in [-0.2, -0.15) is 0 Å². The summed E-state index contributed by atoms with van der Waals surface area (Å²) in [5, 5.41) is 6.11. The van der Waals surface area contributed by atoms with E-state index in [1.807, 2.05) is 0 Å². The zero-order valence-corrected chi connectivity index (χ0v) is 6.74. The highest BCUT2D eigenvalue weighted by atomic mass is 16.5. The van der Waals surface area contributed by atoms with Crippen molar-refractivity contribution in [3.05, 3.63) is 18.0 Å². The normalized spacial score (nSPS) is 9.42. The van der Waals surface area contributed by atoms with Crippen LogP contribution in [-0.2, 0) is 11.3 Å². The van der Waals surface area contributed by atoms with E-state index in [0.717, 1.165) is 0 Å². The highest BCUT2D eigenvalue weighted by Crippen LogP contribution is 1.92. The molecule has 0 aromatic carbocycles. The van der Waals surface area contributed by atoms with Crippen LogP contribution in [0.3, 0.4) is 0 Å². The number of nitrogens with one attached hydrogen (secondary N) is 1. The number of alkyl carbamates (subject to hydrolysis) is 1. The fraction of sp³-hybridized carbons (Fsp3) is 0.429. The minimum atomic E-state index is -0.444. The molecule has 0 spiro atoms. The minimum Gasteiger partial charge on any atom is -0.450 e. The molecule has 0 aliphatic rings. The molecule has 0 bridgehead atoms. The van der Waals surface area contributed by atoms with Crippen molar-refractivity contribution in [1.29, 1.82) is 0 Å². The van der Waals surface area contributed by atoms with Gasteiger partial charge in [-0.15, -0.1) is 0 Å². The predicted octanol–water partition coefficient (Wildman–Crippen LogP) is 0.921. The maximum absolute atomic E-state index is 10.7. The van der Waals surface area contributed by atoms with Crippen LogP contribution in [0.25, 0.3) is 0 Å². The molecule has 12 heavy (non-hydrogen) atoms. The second kappa shape index (κ2) is 4.38. The Bertz CT molecular complexity index is 233. The number of carbonyl (C=O) groups is 1. The Morgan fingerprint density at radius 2 is 2.67 bits per heavy atom. The molecule has 0 fully saturated rings. The first-order chi connectivity index (χ1) is 5.83. The molecule has 0 aliphatic carbocycles. The van der Waals surface area contributed by atoms with Crippen LogP contribution in [0.1, 0.15) is 12.6 Å². The summed E-state index contributed by atoms with van der Waals surface area (Å²) in [6.07, 6.45) is 1.00. The minimum absolute atomic E-state index is 0.329. The molecular weight excluding hydrogens is 160 g/mol. The summed E-state index contributed by atoms with van der Waals surface area (Å²) >= 11 is 0. The Hall–Kier alpha value is -1.52. The van der Waals surface area contributed by atoms with Gasteiger partial charge < -0.3 is 14.6 Å². The predicted molar refractivity (Wildman–Crippen MR) is 40.4 cm³/mol. The summed E-state index contributed by atoms with van der Waals surface area (Å²) in [6, 6.07) is 1.67. The number of aromatic nitrogens is 1. The number of hydrogen-bond acceptors (Lipinski definition) is 4. The molecule has 1 aromatic heterocycles. The summed E-state index contributed by atoms with van der Waals surface area (Å²) in [5.41, 5.74) is 0.669. The van der Waals surface area contributed by atoms with E-state index in [4.69, 9.17) is 0 Å². The molecule has 1 aromatic rings. The Morgan fingerprint density at radius 1 is 1.83 bits per heavy atom. The highest BCUT2D eigenvalue weighted by Gasteiger charge is 2.01. The smallest absolute Gasteiger partial charge is 0.407 e. The number of ether oxygens (including phenoxy) is 1. The molecule has 0 unspecified atom stereocenters. The third-order valence-electron chi connectivity index (χ3n) is 1.18. The summed E-state index contributed by atoms with van der Waals surface area (Å²) in [7, 11) is 0. The number of hydrogen-bond donors (Lipinski definition) is 1. The molecule has 5 heteroatoms. The van der Waals surface area contributed by atoms with Gasteiger partial charge in [0.15, 0.2) is 0 Å². The lowest BCUT2D eigenvalue weighted by Crippen LogP contribution is -2.23. The average molecular weight is 170 g/mol. The lowest BCUT2D eigenvalue weighted by molar-refractivity contribution is 0.151. The lowest BCUT2D eigenvalue weighted by atomic mass is 10.4. The van der Waals surface area contributed by atoms with E-state index in [-0.39, 0.29) is 0 Å². The van der Waals surface area contributed by atoms with Crippen molar-refractivity contribution in [3.8, 4) is 0 Å². The maximum atomic E-state index is 10.7. The van der Waals surface area contributed by atoms with Crippen LogP contribution in [0.5, 0.6) is 0 Å². The fourth-order valence-electron chi connectivity index (χ4n) is 0.674. The first-order valence-corrected chi connectivity index (χ1v) is 3.63. The van der Waals surface area contributed by atoms with Gasteiger partial charge in [0.05, 0.1) is 13.2 Å². The molecule has 5 nitrogen and oxygen atoms in total. The van der Waals surface area contributed by atoms with Crippen LogP contribution in [0.2, 0.25) is 0 Å². The zero-order valence-electron chi connectivity index (χ0n) is 6.74. The van der Waals surface area contributed by atoms with Crippen molar-refractivity contribution in [2.24, 2.45) is 0 Å². The number of amides is 1. The van der Waals surface area contributed by atoms with E-state index in [1.165, 1.54) is 6.26 Å². The Kier molecular flexibility index (Phi) is 3.13. The molecule has 1 heterocycles. The third-order valence-corrected chi connectivity index (χ3v) is 1.18. The molecule has 1 rings (SSSR count). The topological polar surface area (TPSA) is 64.4 Å². The average Bonchev–Trinajstić information content (AvgIpc) is 2.53. The van der Waals surface area contributed by atoms with Crippen LogP contribution >= 0.6 is 0 Å². The molecule has 0 saturated heterocycles. The molecule has 0 aliphatic heterocycles. The van der Waals surface area contributed by atoms with E-state index in [1.54, 1.807) is 13.0 Å². The first kappa shape index (κ1) is 8.58. The SMILES string of the molecule is CCOC(=O)NCc1ccon1. The van der Waals surface area contributed by atoms with Gasteiger partial charge in [-0.05, 0) is 6.92 Å². The van der Waals surface area contributed by atoms with Crippen LogP contribution < -0.4 is 5.32 Å². The van der Waals surface area contributed by atoms with Crippen LogP contribution in [0, 0.1) is 0 Å². The second-order valence-electron chi connectivity index (χ2n) is 2.06. The Balaban J connectivity index is 2.22. The highest BCUT2D eigenvalue weighted by molar-refractivity contribution is 5.66. The summed E-state index contributed by atoms with van der Waals surface area (Å²) in [6.45, 7) is 2.44. The van der Waals surface area contributed by atoms with Crippen LogP contribution in [-0.4, -0.2) is 17.9 Å². The maximum Gasteiger partial charge on any atom is 0.407 e. The summed E-state index contributed by atoms with van der Waals surface area (Å²) in [5.74, 6) is 0. The van der Waals surface area contributed by atoms with Crippen molar-refractivity contribution in [2.75, 3.05) is 6.61 Å². The van der Waals surface area contributed by atoms with E-state index < -0.39 is 6.09 Å². The van der Waals surface area contributed by atoms with Crippen molar-refractivity contribution >= 4 is 6.09 Å². The number of nitrogens with zero attached hydrogens (tertiary/aromatic N) is 1. The van der Waals surface area contributed by atoms with Gasteiger partial charge in [0.2, 0.25) is 0 Å². The van der Waals surface area contributed by atoms with E-state index in [2.05, 4.69) is 19.7 Å². The van der Waals surface area contributed by atoms with Crippen molar-refractivity contribution in [2.45, 2.75) is 13.5 Å². The monoisotopic (exact) mass is 170 g/mol. The molecule has 0 atom stereocenters. The van der Waals surface area contributed by atoms with E-state index in [0.29, 0.717) is 18.8 Å². The molecule has 66 valence electrons. The van der Waals surface area contributed by atoms with Gasteiger partial charge in [0.1, 0.15) is 12.0 Å². The second-order valence-corrected chi connectivity index (χ2v) is 2.06. The number of carbonyl (C=O) groups excluding carboxylic acids is 1. The first-order valence-electron chi connectivity index (χ1n) is 3.63. The Labute approximate surface area is 69.7 Å². The molecular formula is C7H10N2O3. The third kappa shape index (κ3) is 2.61. The van der Waals surface area contributed by atoms with E-state index >= 15 is 0 Å². The Morgan fingerprint density at radius 3 is 3.25 bits per heavy atom. The van der Waals surface area contributed by atoms with Gasteiger partial charge in [0.25, 0.3) is 0 Å². The molecule has 1 amide bonds. The standard InChI is InChI=1S/C7H10N2O3/c1-2-11-7(10)8-5-6-3-4-12-9-6/h3-4H,2,5H2,1H3,(H,8,10). The van der Waals surface area contributed by atoms with E-state index in [9.17, 15) is 4.79 Å². The lowest BCUT2D eigenvalue weighted by Gasteiger charge is -2.01. The van der Waals surface area contributed by atoms with Gasteiger partial charge in [-0.1, -0.05) is 5.16 Å². The van der Waals surface area contributed by atoms with Gasteiger partial charge in [-0.3, -0.25) is 0 Å². The van der Waals surface area contributed by atoms with Gasteiger partial charge >= 0.3 is 6.09 Å². The largest absolute Gasteiger partial charge is 0.450 e. The number of rotatable bonds is 3. The van der Waals surface area contributed by atoms with Gasteiger partial charge in [0, 0.05) is 6.07 Å².